The molecule has 0 radical (unpaired) electrons. The monoisotopic (exact) mass is 1320 g/mol. The minimum atomic E-state index is -4.43. The van der Waals surface area contributed by atoms with Crippen molar-refractivity contribution in [2.45, 2.75) is 238 Å². The van der Waals surface area contributed by atoms with Crippen LogP contribution in [0, 0.1) is 0 Å². The lowest BCUT2D eigenvalue weighted by atomic mass is 10.1. The van der Waals surface area contributed by atoms with Crippen molar-refractivity contribution < 1.29 is 37.6 Å². The Labute approximate surface area is 579 Å². The van der Waals surface area contributed by atoms with E-state index in [-0.39, 0.29) is 32.6 Å². The van der Waals surface area contributed by atoms with Gasteiger partial charge >= 0.3 is 19.8 Å². The predicted octanol–water partition coefficient (Wildman–Crippen LogP) is 24.5. The van der Waals surface area contributed by atoms with E-state index in [4.69, 9.17) is 24.3 Å². The molecule has 0 heterocycles. The molecule has 0 aromatic heterocycles. The van der Waals surface area contributed by atoms with Crippen LogP contribution in [0.15, 0.2) is 255 Å². The van der Waals surface area contributed by atoms with Gasteiger partial charge in [-0.25, -0.2) is 4.57 Å². The van der Waals surface area contributed by atoms with Gasteiger partial charge in [0.2, 0.25) is 0 Å². The SMILES string of the molecule is CC/C=C\C/C=C\C/C=C\C/C=C\C/C=C\C/C=C\C/C=C\C/C=C\C/C=C\C/C=C\C/C=C\CCCCCC(=O)OC(COC(=O)CCCCCCCC/C=C\C/C=C\C/C=C\C/C=C\C/C=C\C/C=C\C/C=C\C/C=C\C/C=C\C/C=C\CC)COP(=O)(O)OCCN. The van der Waals surface area contributed by atoms with Gasteiger partial charge in [-0.15, -0.1) is 0 Å². The Balaban J connectivity index is 4.11. The molecule has 10 heteroatoms. The van der Waals surface area contributed by atoms with Crippen LogP contribution in [0.5, 0.6) is 0 Å². The minimum Gasteiger partial charge on any atom is -0.462 e. The highest BCUT2D eigenvalue weighted by molar-refractivity contribution is 7.47. The van der Waals surface area contributed by atoms with E-state index >= 15 is 0 Å². The number of hydrogen-bond donors (Lipinski definition) is 2. The fourth-order valence-corrected chi connectivity index (χ4v) is 9.43. The van der Waals surface area contributed by atoms with Crippen molar-refractivity contribution in [2.24, 2.45) is 5.73 Å². The van der Waals surface area contributed by atoms with Gasteiger partial charge in [-0.05, 0) is 173 Å². The number of unbranched alkanes of at least 4 members (excludes halogenated alkanes) is 9. The number of allylic oxidation sites excluding steroid dienone is 42. The highest BCUT2D eigenvalue weighted by atomic mass is 31.2. The number of carbonyl (C=O) groups is 2. The third-order valence-electron chi connectivity index (χ3n) is 13.9. The van der Waals surface area contributed by atoms with E-state index in [0.717, 1.165) is 193 Å². The fourth-order valence-electron chi connectivity index (χ4n) is 8.67. The number of carbonyl (C=O) groups excluding carboxylic acids is 2. The van der Waals surface area contributed by atoms with E-state index in [1.54, 1.807) is 0 Å². The molecule has 0 bridgehead atoms. The van der Waals surface area contributed by atoms with Crippen LogP contribution in [0.2, 0.25) is 0 Å². The van der Waals surface area contributed by atoms with Crippen molar-refractivity contribution in [3.63, 3.8) is 0 Å². The van der Waals surface area contributed by atoms with E-state index < -0.39 is 32.5 Å². The van der Waals surface area contributed by atoms with Gasteiger partial charge in [-0.1, -0.05) is 301 Å². The number of ether oxygens (including phenoxy) is 2. The molecule has 0 aliphatic rings. The smallest absolute Gasteiger partial charge is 0.462 e. The quantitative estimate of drug-likeness (QED) is 0.0264. The van der Waals surface area contributed by atoms with Crippen LogP contribution in [0.1, 0.15) is 232 Å². The summed E-state index contributed by atoms with van der Waals surface area (Å²) in [6.45, 7) is 3.42. The van der Waals surface area contributed by atoms with E-state index in [2.05, 4.69) is 269 Å². The average Bonchev–Trinajstić information content (AvgIpc) is 2.64. The summed E-state index contributed by atoms with van der Waals surface area (Å²) in [4.78, 5) is 35.4. The maximum atomic E-state index is 12.8. The number of phosphoric acid groups is 1. The second-order valence-electron chi connectivity index (χ2n) is 22.6. The molecule has 0 aliphatic carbocycles. The van der Waals surface area contributed by atoms with Crippen molar-refractivity contribution in [1.29, 1.82) is 0 Å². The summed E-state index contributed by atoms with van der Waals surface area (Å²) in [6, 6.07) is 0. The van der Waals surface area contributed by atoms with Gasteiger partial charge in [0, 0.05) is 19.4 Å². The third kappa shape index (κ3) is 76.5. The van der Waals surface area contributed by atoms with Gasteiger partial charge in [-0.2, -0.15) is 0 Å². The molecule has 526 valence electrons. The highest BCUT2D eigenvalue weighted by Gasteiger charge is 2.26. The van der Waals surface area contributed by atoms with E-state index in [1.165, 1.54) is 0 Å². The summed E-state index contributed by atoms with van der Waals surface area (Å²) in [5.74, 6) is -0.906. The molecule has 0 aliphatic heterocycles. The summed E-state index contributed by atoms with van der Waals surface area (Å²) >= 11 is 0. The van der Waals surface area contributed by atoms with Crippen LogP contribution in [-0.2, 0) is 32.7 Å². The second kappa shape index (κ2) is 76.6. The Hall–Kier alpha value is -6.45. The summed E-state index contributed by atoms with van der Waals surface area (Å²) in [6.07, 6.45) is 124. The van der Waals surface area contributed by atoms with Crippen LogP contribution in [-0.4, -0.2) is 49.3 Å². The summed E-state index contributed by atoms with van der Waals surface area (Å²) in [7, 11) is -4.43. The molecule has 9 nitrogen and oxygen atoms in total. The van der Waals surface area contributed by atoms with E-state index in [1.807, 2.05) is 0 Å². The number of hydrogen-bond acceptors (Lipinski definition) is 8. The zero-order chi connectivity index (χ0) is 68.6. The van der Waals surface area contributed by atoms with Crippen LogP contribution >= 0.6 is 7.82 Å². The molecule has 0 rings (SSSR count). The largest absolute Gasteiger partial charge is 0.472 e. The Kier molecular flexibility index (Phi) is 71.4. The van der Waals surface area contributed by atoms with Crippen LogP contribution in [0.3, 0.4) is 0 Å². The first-order valence-corrected chi connectivity index (χ1v) is 37.7. The number of rotatable bonds is 64. The number of esters is 2. The summed E-state index contributed by atoms with van der Waals surface area (Å²) < 4.78 is 33.1. The van der Waals surface area contributed by atoms with Gasteiger partial charge < -0.3 is 20.1 Å². The molecule has 0 spiro atoms. The Morgan fingerprint density at radius 2 is 0.547 bits per heavy atom. The summed E-state index contributed by atoms with van der Waals surface area (Å²) in [5, 5.41) is 0. The van der Waals surface area contributed by atoms with Crippen molar-refractivity contribution in [2.75, 3.05) is 26.4 Å². The molecule has 0 fully saturated rings. The first kappa shape index (κ1) is 88.5. The van der Waals surface area contributed by atoms with E-state index in [9.17, 15) is 19.0 Å². The van der Waals surface area contributed by atoms with Gasteiger partial charge in [0.15, 0.2) is 6.10 Å². The van der Waals surface area contributed by atoms with Crippen LogP contribution in [0.4, 0.5) is 0 Å². The minimum absolute atomic E-state index is 0.0308. The fraction of sp³-hybridized carbons (Fsp3) is 0.482. The Morgan fingerprint density at radius 1 is 0.316 bits per heavy atom. The molecular formula is C85H128NO8P. The van der Waals surface area contributed by atoms with Gasteiger partial charge in [0.05, 0.1) is 13.2 Å². The van der Waals surface area contributed by atoms with E-state index in [0.29, 0.717) is 12.8 Å². The molecule has 2 atom stereocenters. The van der Waals surface area contributed by atoms with Crippen molar-refractivity contribution in [3.8, 4) is 0 Å². The van der Waals surface area contributed by atoms with Crippen LogP contribution < -0.4 is 5.73 Å². The first-order chi connectivity index (χ1) is 46.8. The Morgan fingerprint density at radius 3 is 0.821 bits per heavy atom. The van der Waals surface area contributed by atoms with Crippen molar-refractivity contribution >= 4 is 19.8 Å². The van der Waals surface area contributed by atoms with Crippen molar-refractivity contribution in [3.05, 3.63) is 255 Å². The van der Waals surface area contributed by atoms with Crippen molar-refractivity contribution in [1.82, 2.24) is 0 Å². The molecular weight excluding hydrogens is 1190 g/mol. The highest BCUT2D eigenvalue weighted by Crippen LogP contribution is 2.43. The van der Waals surface area contributed by atoms with Gasteiger partial charge in [0.1, 0.15) is 6.61 Å². The third-order valence-corrected chi connectivity index (χ3v) is 14.9. The molecule has 0 aromatic carbocycles. The zero-order valence-electron chi connectivity index (χ0n) is 59.0. The lowest BCUT2D eigenvalue weighted by Crippen LogP contribution is -2.29. The second-order valence-corrected chi connectivity index (χ2v) is 24.1. The average molecular weight is 1320 g/mol. The normalized spacial score (nSPS) is 14.4. The molecule has 0 aromatic rings. The van der Waals surface area contributed by atoms with Gasteiger partial charge in [0.25, 0.3) is 0 Å². The maximum absolute atomic E-state index is 12.8. The lowest BCUT2D eigenvalue weighted by molar-refractivity contribution is -0.161. The molecule has 0 amide bonds. The predicted molar refractivity (Wildman–Crippen MR) is 412 cm³/mol. The molecule has 0 saturated heterocycles. The van der Waals surface area contributed by atoms with Gasteiger partial charge in [-0.3, -0.25) is 18.6 Å². The summed E-state index contributed by atoms with van der Waals surface area (Å²) in [5.41, 5.74) is 5.40. The standard InChI is InChI=1S/C85H128NO8P/c1-3-5-7-9-11-13-15-17-19-21-23-25-27-29-31-33-35-37-39-41-43-45-47-49-51-53-55-57-59-61-63-65-67-69-71-73-75-77-84(87)91-81-83(82-93-95(89,90)92-80-79-86)94-85(88)78-76-74-72-70-68-66-64-62-60-58-56-54-52-50-48-46-44-42-40-38-36-34-32-30-28-26-24-22-20-18-16-14-12-10-8-6-4-2/h5-8,11-14,17-20,23-26,29-32,35-38,41-44,47-50,53-56,59-62,66,68,83H,3-4,9-10,15-16,21-22,27-28,33-34,39-40,45-46,51-52,57-58,63-65,67,69-82,86H2,1-2H3,(H,89,90)/b7-5-,8-6-,13-11-,14-12-,19-17-,20-18-,25-23-,26-24-,31-29-,32-30-,37-35-,38-36-,43-41-,44-42-,49-47-,50-48-,55-53-,56-54-,61-59-,62-60-,68-66-. The molecule has 95 heavy (non-hydrogen) atoms. The molecule has 3 N–H and O–H groups in total. The topological polar surface area (TPSA) is 134 Å². The lowest BCUT2D eigenvalue weighted by Gasteiger charge is -2.19. The van der Waals surface area contributed by atoms with Crippen LogP contribution in [0.25, 0.3) is 0 Å². The zero-order valence-corrected chi connectivity index (χ0v) is 59.9. The number of phosphoric ester groups is 1. The first-order valence-electron chi connectivity index (χ1n) is 36.2. The Bertz CT molecular complexity index is 2510. The molecule has 0 saturated carbocycles. The number of nitrogens with two attached hydrogens (primary N) is 1. The molecule has 2 unspecified atom stereocenters. The maximum Gasteiger partial charge on any atom is 0.472 e.